The van der Waals surface area contributed by atoms with Crippen molar-refractivity contribution in [2.24, 2.45) is 5.73 Å². The average molecular weight is 403 g/mol. The lowest BCUT2D eigenvalue weighted by molar-refractivity contribution is -0.119. The highest BCUT2D eigenvalue weighted by Crippen LogP contribution is 2.26. The Labute approximate surface area is 181 Å². The van der Waals surface area contributed by atoms with Gasteiger partial charge in [-0.25, -0.2) is 0 Å². The summed E-state index contributed by atoms with van der Waals surface area (Å²) in [4.78, 5) is 12.8. The molecule has 0 aliphatic heterocycles. The molecule has 0 bridgehead atoms. The Morgan fingerprint density at radius 2 is 1.67 bits per heavy atom. The van der Waals surface area contributed by atoms with E-state index in [9.17, 15) is 4.79 Å². The van der Waals surface area contributed by atoms with Crippen molar-refractivity contribution in [2.45, 2.75) is 63.8 Å². The van der Waals surface area contributed by atoms with Crippen molar-refractivity contribution in [3.8, 4) is 0 Å². The van der Waals surface area contributed by atoms with Gasteiger partial charge in [0.15, 0.2) is 0 Å². The van der Waals surface area contributed by atoms with Crippen molar-refractivity contribution in [2.75, 3.05) is 5.32 Å². The van der Waals surface area contributed by atoms with Crippen LogP contribution in [0.1, 0.15) is 63.0 Å². The SMILES string of the molecule is CCCCCCCCc1ccc(NC(=O)C2(N)C=CC(c3ccccc3)=CC2)cc1. The van der Waals surface area contributed by atoms with E-state index in [1.807, 2.05) is 48.6 Å². The molecule has 1 aliphatic rings. The largest absolute Gasteiger partial charge is 0.324 e. The number of benzene rings is 2. The van der Waals surface area contributed by atoms with Crippen molar-refractivity contribution < 1.29 is 4.79 Å². The number of amides is 1. The third-order valence-corrected chi connectivity index (χ3v) is 5.78. The molecule has 3 heteroatoms. The van der Waals surface area contributed by atoms with Crippen LogP contribution in [0, 0.1) is 0 Å². The maximum Gasteiger partial charge on any atom is 0.248 e. The van der Waals surface area contributed by atoms with Gasteiger partial charge in [-0.3, -0.25) is 4.79 Å². The minimum Gasteiger partial charge on any atom is -0.324 e. The van der Waals surface area contributed by atoms with Gasteiger partial charge in [0, 0.05) is 5.69 Å². The Bertz CT molecular complexity index is 867. The Balaban J connectivity index is 1.49. The van der Waals surface area contributed by atoms with Crippen LogP contribution in [0.4, 0.5) is 5.69 Å². The highest BCUT2D eigenvalue weighted by Gasteiger charge is 2.32. The molecule has 0 heterocycles. The summed E-state index contributed by atoms with van der Waals surface area (Å²) in [6.07, 6.45) is 15.2. The normalized spacial score (nSPS) is 18.1. The van der Waals surface area contributed by atoms with Crippen molar-refractivity contribution in [3.63, 3.8) is 0 Å². The third kappa shape index (κ3) is 6.17. The second kappa shape index (κ2) is 10.9. The smallest absolute Gasteiger partial charge is 0.248 e. The first kappa shape index (κ1) is 22.0. The number of unbranched alkanes of at least 4 members (excludes halogenated alkanes) is 5. The number of nitrogens with one attached hydrogen (secondary N) is 1. The first-order chi connectivity index (χ1) is 14.6. The van der Waals surface area contributed by atoms with Gasteiger partial charge in [-0.2, -0.15) is 0 Å². The summed E-state index contributed by atoms with van der Waals surface area (Å²) in [6, 6.07) is 18.3. The van der Waals surface area contributed by atoms with Crippen LogP contribution >= 0.6 is 0 Å². The van der Waals surface area contributed by atoms with Crippen LogP contribution in [-0.2, 0) is 11.2 Å². The van der Waals surface area contributed by atoms with Gasteiger partial charge >= 0.3 is 0 Å². The number of rotatable bonds is 10. The maximum absolute atomic E-state index is 12.8. The lowest BCUT2D eigenvalue weighted by atomic mass is 9.86. The van der Waals surface area contributed by atoms with Crippen molar-refractivity contribution in [1.29, 1.82) is 0 Å². The molecule has 0 spiro atoms. The molecular formula is C27H34N2O. The number of allylic oxidation sites excluding steroid dienone is 2. The molecule has 2 aromatic rings. The molecule has 0 aromatic heterocycles. The van der Waals surface area contributed by atoms with Crippen molar-refractivity contribution >= 4 is 17.2 Å². The third-order valence-electron chi connectivity index (χ3n) is 5.78. The number of carbonyl (C=O) groups excluding carboxylic acids is 1. The van der Waals surface area contributed by atoms with Crippen LogP contribution in [-0.4, -0.2) is 11.4 Å². The van der Waals surface area contributed by atoms with E-state index in [-0.39, 0.29) is 5.91 Å². The van der Waals surface area contributed by atoms with E-state index in [0.717, 1.165) is 23.2 Å². The molecule has 0 radical (unpaired) electrons. The number of anilines is 1. The second-order valence-corrected chi connectivity index (χ2v) is 8.27. The molecule has 30 heavy (non-hydrogen) atoms. The van der Waals surface area contributed by atoms with Gasteiger partial charge in [-0.1, -0.05) is 99.7 Å². The van der Waals surface area contributed by atoms with E-state index in [0.29, 0.717) is 6.42 Å². The fraction of sp³-hybridized carbons (Fsp3) is 0.370. The summed E-state index contributed by atoms with van der Waals surface area (Å²) in [5.74, 6) is -0.175. The van der Waals surface area contributed by atoms with Crippen LogP contribution in [0.25, 0.3) is 5.57 Å². The number of hydrogen-bond donors (Lipinski definition) is 2. The fourth-order valence-electron chi connectivity index (χ4n) is 3.78. The van der Waals surface area contributed by atoms with Crippen LogP contribution < -0.4 is 11.1 Å². The van der Waals surface area contributed by atoms with Gasteiger partial charge in [-0.15, -0.1) is 0 Å². The maximum atomic E-state index is 12.8. The molecule has 2 aromatic carbocycles. The predicted molar refractivity (Wildman–Crippen MR) is 127 cm³/mol. The predicted octanol–water partition coefficient (Wildman–Crippen LogP) is 6.27. The lowest BCUT2D eigenvalue weighted by Gasteiger charge is -2.27. The van der Waals surface area contributed by atoms with E-state index >= 15 is 0 Å². The van der Waals surface area contributed by atoms with E-state index in [1.54, 1.807) is 0 Å². The molecule has 0 saturated carbocycles. The van der Waals surface area contributed by atoms with Gasteiger partial charge in [0.25, 0.3) is 0 Å². The summed E-state index contributed by atoms with van der Waals surface area (Å²) in [5.41, 5.74) is 9.72. The van der Waals surface area contributed by atoms with E-state index in [4.69, 9.17) is 5.73 Å². The van der Waals surface area contributed by atoms with Crippen molar-refractivity contribution in [1.82, 2.24) is 0 Å². The number of nitrogens with two attached hydrogens (primary N) is 1. The van der Waals surface area contributed by atoms with Gasteiger partial charge in [0.1, 0.15) is 5.54 Å². The van der Waals surface area contributed by atoms with Crippen molar-refractivity contribution in [3.05, 3.63) is 84.0 Å². The summed E-state index contributed by atoms with van der Waals surface area (Å²) in [5, 5.41) is 2.98. The highest BCUT2D eigenvalue weighted by atomic mass is 16.2. The van der Waals surface area contributed by atoms with E-state index < -0.39 is 5.54 Å². The zero-order valence-electron chi connectivity index (χ0n) is 18.1. The Morgan fingerprint density at radius 3 is 2.33 bits per heavy atom. The average Bonchev–Trinajstić information content (AvgIpc) is 2.78. The van der Waals surface area contributed by atoms with E-state index in [2.05, 4.69) is 36.5 Å². The van der Waals surface area contributed by atoms with Gasteiger partial charge in [-0.05, 0) is 48.1 Å². The molecule has 1 unspecified atom stereocenters. The minimum absolute atomic E-state index is 0.175. The van der Waals surface area contributed by atoms with Crippen LogP contribution in [0.2, 0.25) is 0 Å². The molecule has 1 amide bonds. The minimum atomic E-state index is -1.02. The Morgan fingerprint density at radius 1 is 0.967 bits per heavy atom. The Hall–Kier alpha value is -2.65. The molecule has 1 aliphatic carbocycles. The molecular weight excluding hydrogens is 368 g/mol. The van der Waals surface area contributed by atoms with Crippen LogP contribution in [0.3, 0.4) is 0 Å². The standard InChI is InChI=1S/C27H34N2O/c1-2-3-4-5-6-8-11-22-14-16-25(17-15-22)29-26(30)27(28)20-18-24(19-21-27)23-12-9-7-10-13-23/h7,9-10,12-20H,2-6,8,11,21,28H2,1H3,(H,29,30). The molecule has 0 fully saturated rings. The zero-order chi connectivity index (χ0) is 21.2. The Kier molecular flexibility index (Phi) is 8.04. The monoisotopic (exact) mass is 402 g/mol. The lowest BCUT2D eigenvalue weighted by Crippen LogP contribution is -2.49. The molecule has 3 rings (SSSR count). The first-order valence-corrected chi connectivity index (χ1v) is 11.2. The highest BCUT2D eigenvalue weighted by molar-refractivity contribution is 6.00. The molecule has 158 valence electrons. The van der Waals surface area contributed by atoms with Gasteiger partial charge in [0.05, 0.1) is 0 Å². The topological polar surface area (TPSA) is 55.1 Å². The number of hydrogen-bond acceptors (Lipinski definition) is 2. The summed E-state index contributed by atoms with van der Waals surface area (Å²) in [7, 11) is 0. The van der Waals surface area contributed by atoms with Crippen LogP contribution in [0.5, 0.6) is 0 Å². The number of carbonyl (C=O) groups is 1. The zero-order valence-corrected chi connectivity index (χ0v) is 18.1. The first-order valence-electron chi connectivity index (χ1n) is 11.2. The summed E-state index contributed by atoms with van der Waals surface area (Å²) < 4.78 is 0. The molecule has 0 saturated heterocycles. The quantitative estimate of drug-likeness (QED) is 0.460. The summed E-state index contributed by atoms with van der Waals surface area (Å²) >= 11 is 0. The van der Waals surface area contributed by atoms with Crippen LogP contribution in [0.15, 0.2) is 72.8 Å². The van der Waals surface area contributed by atoms with Gasteiger partial charge in [0.2, 0.25) is 5.91 Å². The number of aryl methyl sites for hydroxylation is 1. The second-order valence-electron chi connectivity index (χ2n) is 8.27. The molecule has 1 atom stereocenters. The van der Waals surface area contributed by atoms with E-state index in [1.165, 1.54) is 44.1 Å². The molecule has 3 N–H and O–H groups in total. The van der Waals surface area contributed by atoms with Gasteiger partial charge < -0.3 is 11.1 Å². The molecule has 3 nitrogen and oxygen atoms in total. The summed E-state index contributed by atoms with van der Waals surface area (Å²) in [6.45, 7) is 2.25. The fourth-order valence-corrected chi connectivity index (χ4v) is 3.78.